The van der Waals surface area contributed by atoms with Crippen molar-refractivity contribution >= 4 is 12.3 Å². The lowest BCUT2D eigenvalue weighted by molar-refractivity contribution is 0.0775. The van der Waals surface area contributed by atoms with Crippen LogP contribution >= 0.6 is 0 Å². The van der Waals surface area contributed by atoms with Crippen LogP contribution in [0, 0.1) is 0 Å². The normalized spacial score (nSPS) is 9.57. The fourth-order valence-corrected chi connectivity index (χ4v) is 0.470. The summed E-state index contributed by atoms with van der Waals surface area (Å²) in [6, 6.07) is 0. The number of carbonyl (C=O) groups is 2. The van der Waals surface area contributed by atoms with Crippen molar-refractivity contribution in [2.45, 2.75) is 13.8 Å². The van der Waals surface area contributed by atoms with Crippen molar-refractivity contribution in [3.05, 3.63) is 12.5 Å². The molecule has 0 amide bonds. The van der Waals surface area contributed by atoms with Crippen LogP contribution in [0.2, 0.25) is 0 Å². The first-order chi connectivity index (χ1) is 6.70. The van der Waals surface area contributed by atoms with Crippen LogP contribution in [-0.2, 0) is 18.9 Å². The largest absolute Gasteiger partial charge is 0.513 e. The second-order valence-electron chi connectivity index (χ2n) is 1.87. The van der Waals surface area contributed by atoms with Crippen molar-refractivity contribution in [3.63, 3.8) is 0 Å². The third kappa shape index (κ3) is 6.96. The summed E-state index contributed by atoms with van der Waals surface area (Å²) in [5.41, 5.74) is 0. The van der Waals surface area contributed by atoms with Crippen LogP contribution in [0.15, 0.2) is 12.5 Å². The summed E-state index contributed by atoms with van der Waals surface area (Å²) in [6.45, 7) is 3.71. The van der Waals surface area contributed by atoms with Crippen LogP contribution in [-0.4, -0.2) is 25.5 Å². The molecular formula is C8H12O6. The molecule has 0 spiro atoms. The van der Waals surface area contributed by atoms with Gasteiger partial charge in [-0.1, -0.05) is 0 Å². The summed E-state index contributed by atoms with van der Waals surface area (Å²) in [7, 11) is 0. The maximum atomic E-state index is 10.5. The predicted octanol–water partition coefficient (Wildman–Crippen LogP) is 1.80. The molecule has 0 atom stereocenters. The second-order valence-corrected chi connectivity index (χ2v) is 1.87. The van der Waals surface area contributed by atoms with Crippen molar-refractivity contribution in [1.82, 2.24) is 0 Å². The molecular weight excluding hydrogens is 192 g/mol. The molecule has 0 saturated carbocycles. The van der Waals surface area contributed by atoms with Gasteiger partial charge in [-0.05, 0) is 13.8 Å². The average molecular weight is 204 g/mol. The monoisotopic (exact) mass is 204 g/mol. The fourth-order valence-electron chi connectivity index (χ4n) is 0.470. The Kier molecular flexibility index (Phi) is 6.93. The quantitative estimate of drug-likeness (QED) is 0.513. The van der Waals surface area contributed by atoms with Gasteiger partial charge >= 0.3 is 12.3 Å². The van der Waals surface area contributed by atoms with Gasteiger partial charge < -0.3 is 18.9 Å². The van der Waals surface area contributed by atoms with Gasteiger partial charge in [-0.3, -0.25) is 0 Å². The van der Waals surface area contributed by atoms with Crippen molar-refractivity contribution in [3.8, 4) is 0 Å². The molecule has 0 aromatic carbocycles. The summed E-state index contributed by atoms with van der Waals surface area (Å²) >= 11 is 0. The summed E-state index contributed by atoms with van der Waals surface area (Å²) in [5.74, 6) is 0. The van der Waals surface area contributed by atoms with Gasteiger partial charge in [0.1, 0.15) is 12.5 Å². The highest BCUT2D eigenvalue weighted by molar-refractivity contribution is 5.61. The lowest BCUT2D eigenvalue weighted by Crippen LogP contribution is -2.04. The minimum absolute atomic E-state index is 0.214. The Hall–Kier alpha value is -1.72. The lowest BCUT2D eigenvalue weighted by atomic mass is 10.9. The average Bonchev–Trinajstić information content (AvgIpc) is 2.13. The number of ether oxygens (including phenoxy) is 4. The minimum Gasteiger partial charge on any atom is -0.434 e. The fraction of sp³-hybridized carbons (Fsp3) is 0.500. The van der Waals surface area contributed by atoms with Gasteiger partial charge in [-0.2, -0.15) is 0 Å². The molecule has 0 saturated heterocycles. The highest BCUT2D eigenvalue weighted by atomic mass is 16.7. The van der Waals surface area contributed by atoms with Crippen LogP contribution < -0.4 is 0 Å². The molecule has 0 unspecified atom stereocenters. The van der Waals surface area contributed by atoms with Gasteiger partial charge in [0.15, 0.2) is 0 Å². The summed E-state index contributed by atoms with van der Waals surface area (Å²) in [4.78, 5) is 21.1. The molecule has 6 heteroatoms. The lowest BCUT2D eigenvalue weighted by Gasteiger charge is -1.99. The van der Waals surface area contributed by atoms with Crippen molar-refractivity contribution in [1.29, 1.82) is 0 Å². The van der Waals surface area contributed by atoms with Gasteiger partial charge in [0.2, 0.25) is 0 Å². The van der Waals surface area contributed by atoms with E-state index in [1.807, 2.05) is 0 Å². The molecule has 0 fully saturated rings. The van der Waals surface area contributed by atoms with E-state index in [0.29, 0.717) is 0 Å². The summed E-state index contributed by atoms with van der Waals surface area (Å²) in [5, 5.41) is 0. The van der Waals surface area contributed by atoms with Crippen LogP contribution in [0.25, 0.3) is 0 Å². The summed E-state index contributed by atoms with van der Waals surface area (Å²) in [6.07, 6.45) is 0.0384. The third-order valence-corrected chi connectivity index (χ3v) is 0.908. The molecule has 0 aromatic heterocycles. The van der Waals surface area contributed by atoms with E-state index in [4.69, 9.17) is 0 Å². The molecule has 0 radical (unpaired) electrons. The van der Waals surface area contributed by atoms with E-state index < -0.39 is 12.3 Å². The first kappa shape index (κ1) is 12.3. The standard InChI is InChI=1S/C8H12O6/c1-3-11-7(9)13-5-6-14-8(10)12-4-2/h5-6H,3-4H2,1-2H3/b6-5+. The van der Waals surface area contributed by atoms with E-state index in [1.54, 1.807) is 13.8 Å². The van der Waals surface area contributed by atoms with Crippen molar-refractivity contribution < 1.29 is 28.5 Å². The number of carbonyl (C=O) groups excluding carboxylic acids is 2. The molecule has 6 nitrogen and oxygen atoms in total. The molecule has 0 bridgehead atoms. The number of hydrogen-bond donors (Lipinski definition) is 0. The Balaban J connectivity index is 3.53. The van der Waals surface area contributed by atoms with Gasteiger partial charge in [-0.15, -0.1) is 0 Å². The zero-order valence-corrected chi connectivity index (χ0v) is 8.02. The molecule has 80 valence electrons. The van der Waals surface area contributed by atoms with Crippen LogP contribution in [0.3, 0.4) is 0 Å². The van der Waals surface area contributed by atoms with E-state index in [0.717, 1.165) is 12.5 Å². The third-order valence-electron chi connectivity index (χ3n) is 0.908. The van der Waals surface area contributed by atoms with Crippen molar-refractivity contribution in [2.24, 2.45) is 0 Å². The molecule has 0 aliphatic heterocycles. The molecule has 0 aromatic rings. The first-order valence-electron chi connectivity index (χ1n) is 4.02. The van der Waals surface area contributed by atoms with Gasteiger partial charge in [-0.25, -0.2) is 9.59 Å². The zero-order chi connectivity index (χ0) is 10.8. The Morgan fingerprint density at radius 1 is 0.929 bits per heavy atom. The highest BCUT2D eigenvalue weighted by Crippen LogP contribution is 1.89. The van der Waals surface area contributed by atoms with E-state index in [9.17, 15) is 9.59 Å². The van der Waals surface area contributed by atoms with E-state index >= 15 is 0 Å². The van der Waals surface area contributed by atoms with E-state index in [1.165, 1.54) is 0 Å². The van der Waals surface area contributed by atoms with Gasteiger partial charge in [0.05, 0.1) is 13.2 Å². The van der Waals surface area contributed by atoms with E-state index in [-0.39, 0.29) is 13.2 Å². The Morgan fingerprint density at radius 2 is 1.29 bits per heavy atom. The second kappa shape index (κ2) is 7.90. The highest BCUT2D eigenvalue weighted by Gasteiger charge is 2.00. The molecule has 0 rings (SSSR count). The van der Waals surface area contributed by atoms with Crippen LogP contribution in [0.4, 0.5) is 9.59 Å². The Bertz CT molecular complexity index is 188. The molecule has 14 heavy (non-hydrogen) atoms. The predicted molar refractivity (Wildman–Crippen MR) is 45.4 cm³/mol. The topological polar surface area (TPSA) is 71.1 Å². The van der Waals surface area contributed by atoms with Gasteiger partial charge in [0, 0.05) is 0 Å². The maximum Gasteiger partial charge on any atom is 0.513 e. The Morgan fingerprint density at radius 3 is 1.57 bits per heavy atom. The molecule has 0 heterocycles. The Labute approximate surface area is 81.4 Å². The number of rotatable bonds is 4. The van der Waals surface area contributed by atoms with Crippen molar-refractivity contribution in [2.75, 3.05) is 13.2 Å². The van der Waals surface area contributed by atoms with E-state index in [2.05, 4.69) is 18.9 Å². The smallest absolute Gasteiger partial charge is 0.434 e. The van der Waals surface area contributed by atoms with Crippen LogP contribution in [0.1, 0.15) is 13.8 Å². The molecule has 0 aliphatic rings. The molecule has 0 N–H and O–H groups in total. The minimum atomic E-state index is -0.865. The van der Waals surface area contributed by atoms with Gasteiger partial charge in [0.25, 0.3) is 0 Å². The molecule has 0 aliphatic carbocycles. The maximum absolute atomic E-state index is 10.5. The van der Waals surface area contributed by atoms with Crippen LogP contribution in [0.5, 0.6) is 0 Å². The number of hydrogen-bond acceptors (Lipinski definition) is 6. The SMILES string of the molecule is CCOC(=O)O/C=C/OC(=O)OCC. The zero-order valence-electron chi connectivity index (χ0n) is 8.02. The first-order valence-corrected chi connectivity index (χ1v) is 4.02. The summed E-state index contributed by atoms with van der Waals surface area (Å²) < 4.78 is 17.5.